The van der Waals surface area contributed by atoms with Crippen molar-refractivity contribution in [3.8, 4) is 11.5 Å². The van der Waals surface area contributed by atoms with Crippen molar-refractivity contribution in [2.24, 2.45) is 5.73 Å². The molecule has 0 heterocycles. The maximum atomic E-state index is 9.33. The first-order valence-corrected chi connectivity index (χ1v) is 5.89. The van der Waals surface area contributed by atoms with Crippen molar-refractivity contribution < 1.29 is 14.6 Å². The number of benzene rings is 1. The Balaban J connectivity index is 2.71. The minimum absolute atomic E-state index is 0.181. The predicted molar refractivity (Wildman–Crippen MR) is 67.5 cm³/mol. The lowest BCUT2D eigenvalue weighted by Gasteiger charge is -2.14. The molecule has 1 unspecified atom stereocenters. The van der Waals surface area contributed by atoms with Crippen LogP contribution in [0.25, 0.3) is 0 Å². The number of ether oxygens (including phenoxy) is 2. The molecular weight excluding hydrogens is 218 g/mol. The summed E-state index contributed by atoms with van der Waals surface area (Å²) >= 11 is 0. The SMILES string of the molecule is CCCc1ccc(OCC(O)CN)c(OC)c1. The van der Waals surface area contributed by atoms with Crippen LogP contribution in [-0.2, 0) is 6.42 Å². The molecule has 1 rings (SSSR count). The zero-order valence-electron chi connectivity index (χ0n) is 10.5. The van der Waals surface area contributed by atoms with Crippen LogP contribution in [0.15, 0.2) is 18.2 Å². The average Bonchev–Trinajstić information content (AvgIpc) is 2.36. The Hall–Kier alpha value is -1.26. The molecule has 0 bridgehead atoms. The van der Waals surface area contributed by atoms with E-state index in [4.69, 9.17) is 15.2 Å². The molecule has 3 N–H and O–H groups in total. The van der Waals surface area contributed by atoms with Gasteiger partial charge in [-0.15, -0.1) is 0 Å². The Labute approximate surface area is 102 Å². The van der Waals surface area contributed by atoms with Gasteiger partial charge < -0.3 is 20.3 Å². The minimum atomic E-state index is -0.643. The van der Waals surface area contributed by atoms with E-state index < -0.39 is 6.10 Å². The summed E-state index contributed by atoms with van der Waals surface area (Å²) in [6, 6.07) is 5.84. The number of methoxy groups -OCH3 is 1. The quantitative estimate of drug-likeness (QED) is 0.753. The van der Waals surface area contributed by atoms with Gasteiger partial charge in [0.2, 0.25) is 0 Å². The van der Waals surface area contributed by atoms with Gasteiger partial charge in [-0.25, -0.2) is 0 Å². The summed E-state index contributed by atoms with van der Waals surface area (Å²) in [5, 5.41) is 9.33. The molecule has 0 saturated heterocycles. The summed E-state index contributed by atoms with van der Waals surface area (Å²) in [7, 11) is 1.61. The first-order valence-electron chi connectivity index (χ1n) is 5.89. The van der Waals surface area contributed by atoms with Crippen LogP contribution in [0.4, 0.5) is 0 Å². The van der Waals surface area contributed by atoms with Crippen LogP contribution in [0, 0.1) is 0 Å². The molecule has 0 spiro atoms. The molecule has 0 radical (unpaired) electrons. The van der Waals surface area contributed by atoms with E-state index in [-0.39, 0.29) is 13.2 Å². The second-order valence-corrected chi connectivity index (χ2v) is 3.94. The van der Waals surface area contributed by atoms with Gasteiger partial charge in [-0.1, -0.05) is 19.4 Å². The fraction of sp³-hybridized carbons (Fsp3) is 0.538. The van der Waals surface area contributed by atoms with Gasteiger partial charge in [0, 0.05) is 6.54 Å². The predicted octanol–water partition coefficient (Wildman–Crippen LogP) is 1.35. The van der Waals surface area contributed by atoms with Crippen LogP contribution >= 0.6 is 0 Å². The van der Waals surface area contributed by atoms with E-state index in [1.165, 1.54) is 5.56 Å². The molecule has 0 aromatic heterocycles. The number of hydrogen-bond acceptors (Lipinski definition) is 4. The van der Waals surface area contributed by atoms with Crippen LogP contribution in [0.1, 0.15) is 18.9 Å². The second-order valence-electron chi connectivity index (χ2n) is 3.94. The zero-order chi connectivity index (χ0) is 12.7. The molecule has 1 aromatic carbocycles. The molecule has 1 atom stereocenters. The van der Waals surface area contributed by atoms with Gasteiger partial charge in [-0.05, 0) is 24.1 Å². The van der Waals surface area contributed by atoms with Crippen LogP contribution in [0.3, 0.4) is 0 Å². The lowest BCUT2D eigenvalue weighted by atomic mass is 10.1. The van der Waals surface area contributed by atoms with Gasteiger partial charge in [0.25, 0.3) is 0 Å². The summed E-state index contributed by atoms with van der Waals surface area (Å²) in [4.78, 5) is 0. The van der Waals surface area contributed by atoms with Gasteiger partial charge in [-0.2, -0.15) is 0 Å². The third kappa shape index (κ3) is 4.24. The van der Waals surface area contributed by atoms with Crippen molar-refractivity contribution in [1.82, 2.24) is 0 Å². The van der Waals surface area contributed by atoms with E-state index in [1.54, 1.807) is 7.11 Å². The van der Waals surface area contributed by atoms with E-state index in [2.05, 4.69) is 6.92 Å². The standard InChI is InChI=1S/C13H21NO3/c1-3-4-10-5-6-12(13(7-10)16-2)17-9-11(15)8-14/h5-7,11,15H,3-4,8-9,14H2,1-2H3. The summed E-state index contributed by atoms with van der Waals surface area (Å²) in [5.74, 6) is 1.33. The molecule has 0 saturated carbocycles. The summed E-state index contributed by atoms with van der Waals surface area (Å²) in [6.45, 7) is 2.50. The van der Waals surface area contributed by atoms with Crippen LogP contribution < -0.4 is 15.2 Å². The van der Waals surface area contributed by atoms with E-state index in [0.717, 1.165) is 12.8 Å². The molecule has 4 heteroatoms. The summed E-state index contributed by atoms with van der Waals surface area (Å²) < 4.78 is 10.7. The third-order valence-electron chi connectivity index (χ3n) is 2.47. The summed E-state index contributed by atoms with van der Waals surface area (Å²) in [5.41, 5.74) is 6.53. The van der Waals surface area contributed by atoms with Crippen molar-refractivity contribution in [1.29, 1.82) is 0 Å². The Morgan fingerprint density at radius 2 is 2.12 bits per heavy atom. The van der Waals surface area contributed by atoms with Gasteiger partial charge in [0.05, 0.1) is 7.11 Å². The number of nitrogens with two attached hydrogens (primary N) is 1. The Bertz CT molecular complexity index is 341. The molecule has 96 valence electrons. The number of aliphatic hydroxyl groups excluding tert-OH is 1. The molecule has 0 aliphatic heterocycles. The second kappa shape index (κ2) is 7.14. The fourth-order valence-corrected chi connectivity index (χ4v) is 1.53. The highest BCUT2D eigenvalue weighted by Gasteiger charge is 2.08. The first-order chi connectivity index (χ1) is 8.21. The number of aliphatic hydroxyl groups is 1. The van der Waals surface area contributed by atoms with Gasteiger partial charge >= 0.3 is 0 Å². The first kappa shape index (κ1) is 13.8. The third-order valence-corrected chi connectivity index (χ3v) is 2.47. The van der Waals surface area contributed by atoms with Crippen LogP contribution in [0.2, 0.25) is 0 Å². The number of rotatable bonds is 7. The van der Waals surface area contributed by atoms with Crippen molar-refractivity contribution in [2.45, 2.75) is 25.9 Å². The average molecular weight is 239 g/mol. The molecular formula is C13H21NO3. The smallest absolute Gasteiger partial charge is 0.161 e. The molecule has 0 aliphatic rings. The lowest BCUT2D eigenvalue weighted by molar-refractivity contribution is 0.112. The Kier molecular flexibility index (Phi) is 5.80. The molecule has 0 amide bonds. The normalized spacial score (nSPS) is 12.2. The topological polar surface area (TPSA) is 64.7 Å². The number of hydrogen-bond donors (Lipinski definition) is 2. The Morgan fingerprint density at radius 1 is 1.35 bits per heavy atom. The van der Waals surface area contributed by atoms with E-state index in [0.29, 0.717) is 11.5 Å². The van der Waals surface area contributed by atoms with Gasteiger partial charge in [0.1, 0.15) is 12.7 Å². The highest BCUT2D eigenvalue weighted by atomic mass is 16.5. The highest BCUT2D eigenvalue weighted by Crippen LogP contribution is 2.28. The molecule has 17 heavy (non-hydrogen) atoms. The highest BCUT2D eigenvalue weighted by molar-refractivity contribution is 5.43. The van der Waals surface area contributed by atoms with E-state index in [9.17, 15) is 5.11 Å². The van der Waals surface area contributed by atoms with Gasteiger partial charge in [0.15, 0.2) is 11.5 Å². The van der Waals surface area contributed by atoms with Crippen molar-refractivity contribution in [3.63, 3.8) is 0 Å². The number of aryl methyl sites for hydroxylation is 1. The monoisotopic (exact) mass is 239 g/mol. The molecule has 0 fully saturated rings. The maximum Gasteiger partial charge on any atom is 0.161 e. The summed E-state index contributed by atoms with van der Waals surface area (Å²) in [6.07, 6.45) is 1.46. The minimum Gasteiger partial charge on any atom is -0.493 e. The Morgan fingerprint density at radius 3 is 2.71 bits per heavy atom. The molecule has 0 aliphatic carbocycles. The fourth-order valence-electron chi connectivity index (χ4n) is 1.53. The largest absolute Gasteiger partial charge is 0.493 e. The van der Waals surface area contributed by atoms with Crippen molar-refractivity contribution in [3.05, 3.63) is 23.8 Å². The van der Waals surface area contributed by atoms with Gasteiger partial charge in [-0.3, -0.25) is 0 Å². The van der Waals surface area contributed by atoms with E-state index in [1.807, 2.05) is 18.2 Å². The van der Waals surface area contributed by atoms with Crippen LogP contribution in [-0.4, -0.2) is 31.5 Å². The molecule has 1 aromatic rings. The van der Waals surface area contributed by atoms with Crippen LogP contribution in [0.5, 0.6) is 11.5 Å². The lowest BCUT2D eigenvalue weighted by Crippen LogP contribution is -2.26. The zero-order valence-corrected chi connectivity index (χ0v) is 10.5. The van der Waals surface area contributed by atoms with E-state index >= 15 is 0 Å². The maximum absolute atomic E-state index is 9.33. The van der Waals surface area contributed by atoms with Crippen molar-refractivity contribution >= 4 is 0 Å². The molecule has 4 nitrogen and oxygen atoms in total. The van der Waals surface area contributed by atoms with Crippen molar-refractivity contribution in [2.75, 3.05) is 20.3 Å².